The fourth-order valence-corrected chi connectivity index (χ4v) is 1.99. The summed E-state index contributed by atoms with van der Waals surface area (Å²) in [7, 11) is 0. The predicted octanol–water partition coefficient (Wildman–Crippen LogP) is 3.09. The van der Waals surface area contributed by atoms with Crippen LogP contribution in [0.1, 0.15) is 53.2 Å². The molecule has 2 atom stereocenters. The lowest BCUT2D eigenvalue weighted by Gasteiger charge is -2.30. The molecule has 0 heterocycles. The van der Waals surface area contributed by atoms with Crippen LogP contribution in [-0.2, 0) is 14.3 Å². The van der Waals surface area contributed by atoms with Crippen LogP contribution >= 0.6 is 0 Å². The second-order valence-electron chi connectivity index (χ2n) is 7.36. The number of carbonyl (C=O) groups excluding carboxylic acids is 2. The summed E-state index contributed by atoms with van der Waals surface area (Å²) in [5.74, 6) is -1.22. The zero-order chi connectivity index (χ0) is 19.4. The fourth-order valence-electron chi connectivity index (χ4n) is 1.99. The first-order valence-corrected chi connectivity index (χ1v) is 7.97. The largest absolute Gasteiger partial charge is 0.456 e. The molecule has 0 bridgehead atoms. The first-order chi connectivity index (χ1) is 11.3. The van der Waals surface area contributed by atoms with Crippen LogP contribution in [0.15, 0.2) is 24.3 Å². The van der Waals surface area contributed by atoms with Crippen molar-refractivity contribution in [2.24, 2.45) is 0 Å². The Kier molecular flexibility index (Phi) is 6.54. The lowest BCUT2D eigenvalue weighted by molar-refractivity contribution is -0.157. The van der Waals surface area contributed by atoms with Gasteiger partial charge in [0.05, 0.1) is 5.60 Å². The summed E-state index contributed by atoms with van der Waals surface area (Å²) in [6.07, 6.45) is -1.52. The highest BCUT2D eigenvalue weighted by Gasteiger charge is 2.38. The molecule has 0 radical (unpaired) electrons. The van der Waals surface area contributed by atoms with E-state index in [1.807, 2.05) is 0 Å². The normalized spacial score (nSPS) is 14.4. The van der Waals surface area contributed by atoms with Gasteiger partial charge in [0.2, 0.25) is 0 Å². The Morgan fingerprint density at radius 3 is 2.08 bits per heavy atom. The average molecular weight is 355 g/mol. The minimum absolute atomic E-state index is 0.400. The summed E-state index contributed by atoms with van der Waals surface area (Å²) in [5.41, 5.74) is -1.74. The Bertz CT molecular complexity index is 601. The van der Waals surface area contributed by atoms with Gasteiger partial charge in [-0.15, -0.1) is 0 Å². The van der Waals surface area contributed by atoms with Crippen molar-refractivity contribution < 1.29 is 28.6 Å². The van der Waals surface area contributed by atoms with E-state index in [9.17, 15) is 19.1 Å². The summed E-state index contributed by atoms with van der Waals surface area (Å²) >= 11 is 0. The van der Waals surface area contributed by atoms with Gasteiger partial charge in [-0.25, -0.2) is 14.0 Å². The maximum absolute atomic E-state index is 13.0. The number of benzene rings is 1. The van der Waals surface area contributed by atoms with Gasteiger partial charge in [-0.05, 0) is 59.2 Å². The molecule has 1 rings (SSSR count). The highest BCUT2D eigenvalue weighted by Crippen LogP contribution is 2.20. The molecule has 1 aromatic carbocycles. The van der Waals surface area contributed by atoms with Gasteiger partial charge in [0, 0.05) is 0 Å². The maximum Gasteiger partial charge on any atom is 0.408 e. The molecule has 0 spiro atoms. The number of hydrogen-bond donors (Lipinski definition) is 2. The molecule has 2 unspecified atom stereocenters. The van der Waals surface area contributed by atoms with Crippen molar-refractivity contribution >= 4 is 12.1 Å². The van der Waals surface area contributed by atoms with Crippen LogP contribution in [0.4, 0.5) is 9.18 Å². The SMILES string of the molecule is CC(OC(=O)C(NC(=O)OC(C)(C)C)C(C)(C)O)c1ccc(F)cc1. The first kappa shape index (κ1) is 20.9. The topological polar surface area (TPSA) is 84.9 Å². The molecule has 0 aliphatic rings. The zero-order valence-corrected chi connectivity index (χ0v) is 15.4. The molecule has 7 heteroatoms. The average Bonchev–Trinajstić information content (AvgIpc) is 2.42. The molecule has 0 saturated heterocycles. The summed E-state index contributed by atoms with van der Waals surface area (Å²) < 4.78 is 23.4. The number of ether oxygens (including phenoxy) is 2. The van der Waals surface area contributed by atoms with Crippen LogP contribution in [0.5, 0.6) is 0 Å². The van der Waals surface area contributed by atoms with Crippen molar-refractivity contribution in [2.75, 3.05) is 0 Å². The van der Waals surface area contributed by atoms with E-state index in [0.29, 0.717) is 5.56 Å². The summed E-state index contributed by atoms with van der Waals surface area (Å²) in [6.45, 7) is 9.40. The summed E-state index contributed by atoms with van der Waals surface area (Å²) in [5, 5.41) is 12.5. The smallest absolute Gasteiger partial charge is 0.408 e. The number of carbonyl (C=O) groups is 2. The molecule has 140 valence electrons. The van der Waals surface area contributed by atoms with Crippen molar-refractivity contribution in [2.45, 2.75) is 64.9 Å². The van der Waals surface area contributed by atoms with E-state index in [1.165, 1.54) is 38.1 Å². The van der Waals surface area contributed by atoms with E-state index in [1.54, 1.807) is 27.7 Å². The second-order valence-corrected chi connectivity index (χ2v) is 7.36. The number of alkyl carbamates (subject to hydrolysis) is 1. The Labute approximate surface area is 147 Å². The minimum atomic E-state index is -1.57. The third-order valence-electron chi connectivity index (χ3n) is 3.24. The van der Waals surface area contributed by atoms with Gasteiger partial charge in [0.25, 0.3) is 0 Å². The number of amides is 1. The summed E-state index contributed by atoms with van der Waals surface area (Å²) in [6, 6.07) is 4.17. The molecule has 2 N–H and O–H groups in total. The van der Waals surface area contributed by atoms with Gasteiger partial charge in [0.1, 0.15) is 17.5 Å². The lowest BCUT2D eigenvalue weighted by atomic mass is 9.99. The van der Waals surface area contributed by atoms with Crippen molar-refractivity contribution in [3.8, 4) is 0 Å². The van der Waals surface area contributed by atoms with Crippen molar-refractivity contribution in [1.82, 2.24) is 5.32 Å². The Balaban J connectivity index is 2.83. The van der Waals surface area contributed by atoms with E-state index in [4.69, 9.17) is 9.47 Å². The van der Waals surface area contributed by atoms with Gasteiger partial charge >= 0.3 is 12.1 Å². The molecular weight excluding hydrogens is 329 g/mol. The predicted molar refractivity (Wildman–Crippen MR) is 90.4 cm³/mol. The van der Waals surface area contributed by atoms with Gasteiger partial charge in [0.15, 0.2) is 6.04 Å². The maximum atomic E-state index is 13.0. The Morgan fingerprint density at radius 2 is 1.64 bits per heavy atom. The third kappa shape index (κ3) is 7.09. The van der Waals surface area contributed by atoms with E-state index in [-0.39, 0.29) is 0 Å². The van der Waals surface area contributed by atoms with Crippen LogP contribution in [0.3, 0.4) is 0 Å². The molecule has 25 heavy (non-hydrogen) atoms. The Morgan fingerprint density at radius 1 is 1.12 bits per heavy atom. The van der Waals surface area contributed by atoms with Gasteiger partial charge < -0.3 is 19.9 Å². The third-order valence-corrected chi connectivity index (χ3v) is 3.24. The molecule has 1 amide bonds. The molecular formula is C18H26FNO5. The lowest BCUT2D eigenvalue weighted by Crippen LogP contribution is -2.55. The van der Waals surface area contributed by atoms with E-state index in [2.05, 4.69) is 5.32 Å². The molecule has 0 aliphatic carbocycles. The van der Waals surface area contributed by atoms with Crippen LogP contribution in [0, 0.1) is 5.82 Å². The van der Waals surface area contributed by atoms with Crippen molar-refractivity contribution in [1.29, 1.82) is 0 Å². The number of nitrogens with one attached hydrogen (secondary N) is 1. The standard InChI is InChI=1S/C18H26FNO5/c1-11(12-7-9-13(19)10-8-12)24-15(21)14(18(5,6)23)20-16(22)25-17(2,3)4/h7-11,14,23H,1-6H3,(H,20,22). The van der Waals surface area contributed by atoms with Gasteiger partial charge in [-0.1, -0.05) is 12.1 Å². The van der Waals surface area contributed by atoms with E-state index in [0.717, 1.165) is 0 Å². The molecule has 0 aliphatic heterocycles. The highest BCUT2D eigenvalue weighted by molar-refractivity contribution is 5.82. The molecule has 0 saturated carbocycles. The van der Waals surface area contributed by atoms with E-state index >= 15 is 0 Å². The molecule has 0 aromatic heterocycles. The minimum Gasteiger partial charge on any atom is -0.456 e. The fraction of sp³-hybridized carbons (Fsp3) is 0.556. The van der Waals surface area contributed by atoms with Crippen molar-refractivity contribution in [3.05, 3.63) is 35.6 Å². The van der Waals surface area contributed by atoms with Gasteiger partial charge in [-0.3, -0.25) is 0 Å². The number of aliphatic hydroxyl groups is 1. The van der Waals surface area contributed by atoms with Crippen molar-refractivity contribution in [3.63, 3.8) is 0 Å². The van der Waals surface area contributed by atoms with Crippen LogP contribution in [0.2, 0.25) is 0 Å². The number of hydrogen-bond acceptors (Lipinski definition) is 5. The van der Waals surface area contributed by atoms with Gasteiger partial charge in [-0.2, -0.15) is 0 Å². The number of rotatable bonds is 5. The molecule has 6 nitrogen and oxygen atoms in total. The van der Waals surface area contributed by atoms with Crippen LogP contribution in [0.25, 0.3) is 0 Å². The summed E-state index contributed by atoms with van der Waals surface area (Å²) in [4.78, 5) is 24.3. The van der Waals surface area contributed by atoms with Crippen LogP contribution in [-0.4, -0.2) is 34.4 Å². The molecule has 1 aromatic rings. The van der Waals surface area contributed by atoms with E-state index < -0.39 is 41.2 Å². The molecule has 0 fully saturated rings. The number of halogens is 1. The van der Waals surface area contributed by atoms with Crippen LogP contribution < -0.4 is 5.32 Å². The first-order valence-electron chi connectivity index (χ1n) is 7.97. The Hall–Kier alpha value is -2.15. The number of esters is 1. The monoisotopic (exact) mass is 355 g/mol. The quantitative estimate of drug-likeness (QED) is 0.793. The second kappa shape index (κ2) is 7.82. The highest BCUT2D eigenvalue weighted by atomic mass is 19.1. The zero-order valence-electron chi connectivity index (χ0n) is 15.4.